The number of hydrogen-bond acceptors (Lipinski definition) is 10. The van der Waals surface area contributed by atoms with Crippen LogP contribution in [0, 0.1) is 6.92 Å². The molecule has 0 saturated carbocycles. The molecule has 0 radical (unpaired) electrons. The number of nitrogens with zero attached hydrogens (tertiary/aromatic N) is 2. The van der Waals surface area contributed by atoms with Crippen LogP contribution >= 0.6 is 0 Å². The lowest BCUT2D eigenvalue weighted by Crippen LogP contribution is -2.64. The number of aliphatic hydroxyl groups is 1. The number of esters is 2. The molecule has 3 aliphatic heterocycles. The van der Waals surface area contributed by atoms with Crippen LogP contribution in [0.2, 0.25) is 0 Å². The van der Waals surface area contributed by atoms with E-state index >= 15 is 0 Å². The lowest BCUT2D eigenvalue weighted by molar-refractivity contribution is -0.323. The summed E-state index contributed by atoms with van der Waals surface area (Å²) in [7, 11) is 3.92. The molecule has 52 heavy (non-hydrogen) atoms. The van der Waals surface area contributed by atoms with Gasteiger partial charge in [-0.15, -0.1) is 0 Å². The van der Waals surface area contributed by atoms with Gasteiger partial charge in [-0.25, -0.2) is 0 Å². The van der Waals surface area contributed by atoms with Crippen LogP contribution in [0.5, 0.6) is 0 Å². The minimum Gasteiger partial charge on any atom is -0.458 e. The molecule has 2 bridgehead atoms. The molecule has 284 valence electrons. The molecular weight excluding hydrogens is 666 g/mol. The number of carbonyl (C=O) groups excluding carboxylic acids is 4. The number of benzene rings is 2. The number of nitrogens with one attached hydrogen (secondary N) is 1. The van der Waals surface area contributed by atoms with Crippen LogP contribution in [0.4, 0.5) is 0 Å². The summed E-state index contributed by atoms with van der Waals surface area (Å²) in [6.45, 7) is 9.80. The van der Waals surface area contributed by atoms with Gasteiger partial charge in [-0.3, -0.25) is 19.2 Å². The van der Waals surface area contributed by atoms with Crippen molar-refractivity contribution in [3.05, 3.63) is 70.3 Å². The van der Waals surface area contributed by atoms with E-state index in [1.165, 1.54) is 13.8 Å². The lowest BCUT2D eigenvalue weighted by atomic mass is 9.77. The van der Waals surface area contributed by atoms with Gasteiger partial charge in [0, 0.05) is 51.9 Å². The predicted octanol–water partition coefficient (Wildman–Crippen LogP) is 3.55. The van der Waals surface area contributed by atoms with Gasteiger partial charge in [-0.05, 0) is 95.3 Å². The number of amides is 2. The van der Waals surface area contributed by atoms with E-state index in [9.17, 15) is 24.3 Å². The number of rotatable bonds is 14. The summed E-state index contributed by atoms with van der Waals surface area (Å²) in [5.41, 5.74) is 2.25. The van der Waals surface area contributed by atoms with Crippen molar-refractivity contribution in [1.29, 1.82) is 0 Å². The largest absolute Gasteiger partial charge is 0.458 e. The van der Waals surface area contributed by atoms with Gasteiger partial charge in [-0.2, -0.15) is 0 Å². The zero-order valence-corrected chi connectivity index (χ0v) is 31.7. The van der Waals surface area contributed by atoms with Crippen molar-refractivity contribution in [3.63, 3.8) is 0 Å². The third kappa shape index (κ3) is 8.68. The molecule has 3 aliphatic rings. The van der Waals surface area contributed by atoms with Gasteiger partial charge < -0.3 is 39.2 Å². The maximum atomic E-state index is 13.1. The first-order valence-corrected chi connectivity index (χ1v) is 18.3. The molecule has 0 spiro atoms. The smallest absolute Gasteiger partial charge is 0.303 e. The number of aryl methyl sites for hydroxylation is 2. The average Bonchev–Trinajstić information content (AvgIpc) is 3.69. The number of likely N-dealkylation sites (tertiary alicyclic amines) is 1. The second-order valence-corrected chi connectivity index (χ2v) is 15.3. The van der Waals surface area contributed by atoms with Crippen molar-refractivity contribution in [2.24, 2.45) is 0 Å². The van der Waals surface area contributed by atoms with E-state index in [0.29, 0.717) is 44.3 Å². The molecule has 3 heterocycles. The first-order chi connectivity index (χ1) is 24.5. The van der Waals surface area contributed by atoms with Gasteiger partial charge in [0.25, 0.3) is 0 Å². The van der Waals surface area contributed by atoms with Crippen molar-refractivity contribution < 1.29 is 43.2 Å². The summed E-state index contributed by atoms with van der Waals surface area (Å²) in [4.78, 5) is 54.1. The molecule has 2 aromatic carbocycles. The Balaban J connectivity index is 1.26. The van der Waals surface area contributed by atoms with Gasteiger partial charge in [0.15, 0.2) is 6.10 Å². The predicted molar refractivity (Wildman–Crippen MR) is 193 cm³/mol. The Labute approximate surface area is 307 Å². The van der Waals surface area contributed by atoms with E-state index in [-0.39, 0.29) is 30.9 Å². The highest BCUT2D eigenvalue weighted by atomic mass is 16.8. The first kappa shape index (κ1) is 39.4. The maximum absolute atomic E-state index is 13.1. The Bertz CT molecular complexity index is 1620. The van der Waals surface area contributed by atoms with Crippen LogP contribution in [0.25, 0.3) is 0 Å². The van der Waals surface area contributed by atoms with Crippen LogP contribution < -0.4 is 5.32 Å². The van der Waals surface area contributed by atoms with Gasteiger partial charge in [0.05, 0.1) is 12.2 Å². The van der Waals surface area contributed by atoms with Gasteiger partial charge in [0.2, 0.25) is 17.6 Å². The Morgan fingerprint density at radius 1 is 1.04 bits per heavy atom. The minimum absolute atomic E-state index is 0.00724. The molecule has 5 rings (SSSR count). The zero-order valence-electron chi connectivity index (χ0n) is 31.7. The van der Waals surface area contributed by atoms with Crippen molar-refractivity contribution >= 4 is 23.8 Å². The molecule has 0 unspecified atom stereocenters. The molecule has 3 fully saturated rings. The third-order valence-electron chi connectivity index (χ3n) is 10.6. The molecule has 2 aromatic rings. The minimum atomic E-state index is -1.61. The fourth-order valence-electron chi connectivity index (χ4n) is 7.57. The topological polar surface area (TPSA) is 144 Å². The van der Waals surface area contributed by atoms with Crippen LogP contribution in [0.15, 0.2) is 42.5 Å². The summed E-state index contributed by atoms with van der Waals surface area (Å²) < 4.78 is 24.5. The average molecular weight is 722 g/mol. The number of likely N-dealkylation sites (N-methyl/N-ethyl adjacent to an activating group) is 1. The van der Waals surface area contributed by atoms with Crippen LogP contribution in [-0.2, 0) is 56.8 Å². The van der Waals surface area contributed by atoms with E-state index in [1.807, 2.05) is 44.1 Å². The van der Waals surface area contributed by atoms with E-state index in [4.69, 9.17) is 18.9 Å². The van der Waals surface area contributed by atoms with Crippen molar-refractivity contribution in [1.82, 2.24) is 15.1 Å². The Morgan fingerprint density at radius 2 is 1.73 bits per heavy atom. The molecule has 2 N–H and O–H groups in total. The highest BCUT2D eigenvalue weighted by Gasteiger charge is 2.69. The Morgan fingerprint density at radius 3 is 2.38 bits per heavy atom. The fraction of sp³-hybridized carbons (Fsp3) is 0.600. The van der Waals surface area contributed by atoms with E-state index in [2.05, 4.69) is 29.6 Å². The molecular formula is C40H55N3O9. The summed E-state index contributed by atoms with van der Waals surface area (Å²) in [6.07, 6.45) is 2.04. The molecule has 0 aromatic heterocycles. The summed E-state index contributed by atoms with van der Waals surface area (Å²) in [5.74, 6) is -2.77. The van der Waals surface area contributed by atoms with Crippen LogP contribution in [-0.4, -0.2) is 108 Å². The number of fused-ring (bicyclic) bond motifs is 2. The second-order valence-electron chi connectivity index (χ2n) is 15.3. The van der Waals surface area contributed by atoms with Crippen molar-refractivity contribution in [2.45, 2.75) is 115 Å². The molecule has 3 saturated heterocycles. The highest BCUT2D eigenvalue weighted by molar-refractivity contribution is 5.88. The van der Waals surface area contributed by atoms with E-state index in [1.54, 1.807) is 18.7 Å². The van der Waals surface area contributed by atoms with E-state index < -0.39 is 41.1 Å². The first-order valence-electron chi connectivity index (χ1n) is 18.3. The Hall–Kier alpha value is -3.84. The second kappa shape index (κ2) is 16.0. The lowest BCUT2D eigenvalue weighted by Gasteiger charge is -2.49. The number of hydrogen-bond donors (Lipinski definition) is 2. The highest BCUT2D eigenvalue weighted by Crippen LogP contribution is 2.55. The zero-order chi connectivity index (χ0) is 37.8. The Kier molecular flexibility index (Phi) is 12.1. The molecule has 12 nitrogen and oxygen atoms in total. The van der Waals surface area contributed by atoms with Crippen molar-refractivity contribution in [3.8, 4) is 0 Å². The van der Waals surface area contributed by atoms with E-state index in [0.717, 1.165) is 41.6 Å². The van der Waals surface area contributed by atoms with Gasteiger partial charge in [0.1, 0.15) is 17.7 Å². The van der Waals surface area contributed by atoms with Gasteiger partial charge in [-0.1, -0.05) is 36.4 Å². The molecule has 12 heteroatoms. The standard InChI is InChI=1S/C40H55N3O9/c1-26-13-18-32(40-36(51-28(3)45)34(50-27(2)44)24-39(52-40,25-49-40)38(4,5)48)23-31(26)22-30-16-14-29(15-17-30)10-8-12-35(46)43-20-9-11-33(43)37(47)41-19-21-42(6)7/h13-18,23,33-34,36,48H,8-12,19-22,24-25H2,1-7H3,(H,41,47)/t33-,34-,36+,39+,40-/m0/s1. The van der Waals surface area contributed by atoms with Gasteiger partial charge >= 0.3 is 11.9 Å². The quantitative estimate of drug-likeness (QED) is 0.278. The summed E-state index contributed by atoms with van der Waals surface area (Å²) in [6, 6.07) is 13.7. The number of carbonyl (C=O) groups is 4. The molecule has 2 amide bonds. The third-order valence-corrected chi connectivity index (χ3v) is 10.6. The van der Waals surface area contributed by atoms with Crippen LogP contribution in [0.1, 0.15) is 87.6 Å². The normalized spacial score (nSPS) is 25.6. The fourth-order valence-corrected chi connectivity index (χ4v) is 7.57. The molecule has 0 aliphatic carbocycles. The summed E-state index contributed by atoms with van der Waals surface area (Å²) >= 11 is 0. The number of ether oxygens (including phenoxy) is 4. The van der Waals surface area contributed by atoms with Crippen LogP contribution in [0.3, 0.4) is 0 Å². The summed E-state index contributed by atoms with van der Waals surface area (Å²) in [5, 5.41) is 14.2. The molecule has 5 atom stereocenters. The maximum Gasteiger partial charge on any atom is 0.303 e. The van der Waals surface area contributed by atoms with Crippen molar-refractivity contribution in [2.75, 3.05) is 40.3 Å². The monoisotopic (exact) mass is 721 g/mol. The SMILES string of the molecule is CC(=O)O[C@H]1C[C@]2(C(C)(C)O)CO[C@@](c3ccc(C)c(Cc4ccc(CCCC(=O)N5CCC[C@H]5C(=O)NCCN(C)C)cc4)c3)(O2)[C@@H]1OC(C)=O.